The molecule has 0 aromatic carbocycles. The molecule has 1 aromatic rings. The van der Waals surface area contributed by atoms with Crippen molar-refractivity contribution >= 4 is 11.9 Å². The first-order valence-electron chi connectivity index (χ1n) is 6.41. The first kappa shape index (κ1) is 13.6. The van der Waals surface area contributed by atoms with Crippen LogP contribution in [-0.2, 0) is 4.79 Å². The molecule has 1 saturated carbocycles. The molecule has 1 fully saturated rings. The third kappa shape index (κ3) is 3.33. The quantitative estimate of drug-likeness (QED) is 0.816. The van der Waals surface area contributed by atoms with Gasteiger partial charge in [0.25, 0.3) is 0 Å². The molecule has 0 spiro atoms. The van der Waals surface area contributed by atoms with Crippen molar-refractivity contribution in [3.05, 3.63) is 11.8 Å². The van der Waals surface area contributed by atoms with Crippen molar-refractivity contribution in [3.8, 4) is 5.88 Å². The molecule has 2 rings (SSSR count). The van der Waals surface area contributed by atoms with E-state index in [2.05, 4.69) is 15.3 Å². The van der Waals surface area contributed by atoms with Gasteiger partial charge in [0.05, 0.1) is 11.5 Å². The minimum atomic E-state index is -0.758. The Morgan fingerprint density at radius 1 is 1.53 bits per heavy atom. The average Bonchev–Trinajstić information content (AvgIpc) is 3.05. The molecule has 1 heterocycles. The molecule has 2 N–H and O–H groups in total. The maximum Gasteiger partial charge on any atom is 0.311 e. The minimum Gasteiger partial charge on any atom is -0.481 e. The number of anilines is 1. The van der Waals surface area contributed by atoms with E-state index in [0.29, 0.717) is 31.2 Å². The predicted molar refractivity (Wildman–Crippen MR) is 70.3 cm³/mol. The summed E-state index contributed by atoms with van der Waals surface area (Å²) in [6, 6.07) is 1.76. The number of nitrogens with one attached hydrogen (secondary N) is 1. The summed E-state index contributed by atoms with van der Waals surface area (Å²) in [6.07, 6.45) is 1.45. The Morgan fingerprint density at radius 3 is 2.74 bits per heavy atom. The van der Waals surface area contributed by atoms with Crippen LogP contribution in [0.25, 0.3) is 0 Å². The van der Waals surface area contributed by atoms with Crippen molar-refractivity contribution in [2.24, 2.45) is 5.41 Å². The van der Waals surface area contributed by atoms with Crippen LogP contribution in [0.5, 0.6) is 5.88 Å². The standard InChI is InChI=1S/C13H19N3O3/c1-8(2)19-10-6-9(3)15-12(16-10)14-7-13(4-5-13)11(17)18/h6,8H,4-5,7H2,1-3H3,(H,17,18)(H,14,15,16). The Bertz CT molecular complexity index is 484. The van der Waals surface area contributed by atoms with Crippen LogP contribution in [0.15, 0.2) is 6.07 Å². The van der Waals surface area contributed by atoms with Gasteiger partial charge < -0.3 is 15.2 Å². The lowest BCUT2D eigenvalue weighted by Crippen LogP contribution is -2.25. The maximum atomic E-state index is 11.1. The highest BCUT2D eigenvalue weighted by molar-refractivity contribution is 5.78. The second-order valence-electron chi connectivity index (χ2n) is 5.28. The highest BCUT2D eigenvalue weighted by Crippen LogP contribution is 2.45. The minimum absolute atomic E-state index is 0.0379. The van der Waals surface area contributed by atoms with Gasteiger partial charge in [-0.15, -0.1) is 0 Å². The lowest BCUT2D eigenvalue weighted by atomic mass is 10.1. The summed E-state index contributed by atoms with van der Waals surface area (Å²) in [5.41, 5.74) is 0.153. The number of carboxylic acids is 1. The van der Waals surface area contributed by atoms with E-state index in [1.54, 1.807) is 6.07 Å². The van der Waals surface area contributed by atoms with Gasteiger partial charge in [-0.3, -0.25) is 4.79 Å². The number of aryl methyl sites for hydroxylation is 1. The maximum absolute atomic E-state index is 11.1. The van der Waals surface area contributed by atoms with E-state index in [-0.39, 0.29) is 6.10 Å². The molecule has 0 aliphatic heterocycles. The summed E-state index contributed by atoms with van der Waals surface area (Å²) >= 11 is 0. The third-order valence-electron chi connectivity index (χ3n) is 3.08. The first-order chi connectivity index (χ1) is 8.91. The largest absolute Gasteiger partial charge is 0.481 e. The number of aliphatic carboxylic acids is 1. The van der Waals surface area contributed by atoms with Crippen LogP contribution in [0, 0.1) is 12.3 Å². The summed E-state index contributed by atoms with van der Waals surface area (Å²) in [7, 11) is 0. The van der Waals surface area contributed by atoms with Crippen LogP contribution in [0.4, 0.5) is 5.95 Å². The van der Waals surface area contributed by atoms with Gasteiger partial charge in [-0.1, -0.05) is 0 Å². The molecule has 6 heteroatoms. The van der Waals surface area contributed by atoms with E-state index in [0.717, 1.165) is 5.69 Å². The van der Waals surface area contributed by atoms with Crippen LogP contribution in [-0.4, -0.2) is 33.7 Å². The van der Waals surface area contributed by atoms with Crippen LogP contribution < -0.4 is 10.1 Å². The van der Waals surface area contributed by atoms with E-state index < -0.39 is 11.4 Å². The second kappa shape index (κ2) is 5.03. The SMILES string of the molecule is Cc1cc(OC(C)C)nc(NCC2(C(=O)O)CC2)n1. The number of rotatable bonds is 6. The van der Waals surface area contributed by atoms with Crippen molar-refractivity contribution in [2.75, 3.05) is 11.9 Å². The van der Waals surface area contributed by atoms with Gasteiger partial charge in [-0.05, 0) is 33.6 Å². The molecule has 1 aliphatic rings. The molecule has 0 atom stereocenters. The van der Waals surface area contributed by atoms with Crippen molar-refractivity contribution in [3.63, 3.8) is 0 Å². The fourth-order valence-electron chi connectivity index (χ4n) is 1.79. The number of aromatic nitrogens is 2. The molecule has 0 saturated heterocycles. The van der Waals surface area contributed by atoms with Gasteiger partial charge in [0.1, 0.15) is 0 Å². The van der Waals surface area contributed by atoms with Crippen LogP contribution in [0.3, 0.4) is 0 Å². The van der Waals surface area contributed by atoms with E-state index in [4.69, 9.17) is 9.84 Å². The molecule has 1 aromatic heterocycles. The van der Waals surface area contributed by atoms with Gasteiger partial charge in [0, 0.05) is 18.3 Å². The van der Waals surface area contributed by atoms with E-state index in [9.17, 15) is 4.79 Å². The lowest BCUT2D eigenvalue weighted by Gasteiger charge is -2.13. The summed E-state index contributed by atoms with van der Waals surface area (Å²) < 4.78 is 5.52. The zero-order valence-corrected chi connectivity index (χ0v) is 11.4. The van der Waals surface area contributed by atoms with E-state index in [1.807, 2.05) is 20.8 Å². The number of carboxylic acid groups (broad SMARTS) is 1. The van der Waals surface area contributed by atoms with Gasteiger partial charge in [-0.2, -0.15) is 4.98 Å². The molecular weight excluding hydrogens is 246 g/mol. The number of nitrogens with zero attached hydrogens (tertiary/aromatic N) is 2. The smallest absolute Gasteiger partial charge is 0.311 e. The summed E-state index contributed by atoms with van der Waals surface area (Å²) in [4.78, 5) is 19.5. The zero-order valence-electron chi connectivity index (χ0n) is 11.4. The van der Waals surface area contributed by atoms with Gasteiger partial charge >= 0.3 is 5.97 Å². The highest BCUT2D eigenvalue weighted by atomic mass is 16.5. The zero-order chi connectivity index (χ0) is 14.0. The summed E-state index contributed by atoms with van der Waals surface area (Å²) in [5.74, 6) is 0.166. The van der Waals surface area contributed by atoms with Crippen LogP contribution in [0.1, 0.15) is 32.4 Å². The molecule has 6 nitrogen and oxygen atoms in total. The number of hydrogen-bond donors (Lipinski definition) is 2. The molecule has 19 heavy (non-hydrogen) atoms. The number of carbonyl (C=O) groups is 1. The van der Waals surface area contributed by atoms with Crippen molar-refractivity contribution in [1.82, 2.24) is 9.97 Å². The molecular formula is C13H19N3O3. The number of ether oxygens (including phenoxy) is 1. The fraction of sp³-hybridized carbons (Fsp3) is 0.615. The Morgan fingerprint density at radius 2 is 2.21 bits per heavy atom. The fourth-order valence-corrected chi connectivity index (χ4v) is 1.79. The molecule has 1 aliphatic carbocycles. The molecule has 0 unspecified atom stereocenters. The van der Waals surface area contributed by atoms with Crippen LogP contribution in [0.2, 0.25) is 0 Å². The van der Waals surface area contributed by atoms with Crippen molar-refractivity contribution < 1.29 is 14.6 Å². The van der Waals surface area contributed by atoms with E-state index >= 15 is 0 Å². The van der Waals surface area contributed by atoms with Crippen molar-refractivity contribution in [1.29, 1.82) is 0 Å². The Hall–Kier alpha value is -1.85. The van der Waals surface area contributed by atoms with E-state index in [1.165, 1.54) is 0 Å². The highest BCUT2D eigenvalue weighted by Gasteiger charge is 2.50. The third-order valence-corrected chi connectivity index (χ3v) is 3.08. The Labute approximate surface area is 112 Å². The topological polar surface area (TPSA) is 84.3 Å². The van der Waals surface area contributed by atoms with Crippen LogP contribution >= 0.6 is 0 Å². The average molecular weight is 265 g/mol. The van der Waals surface area contributed by atoms with Gasteiger partial charge in [0.15, 0.2) is 0 Å². The number of hydrogen-bond acceptors (Lipinski definition) is 5. The molecule has 0 radical (unpaired) electrons. The normalized spacial score (nSPS) is 16.2. The first-order valence-corrected chi connectivity index (χ1v) is 6.41. The monoisotopic (exact) mass is 265 g/mol. The lowest BCUT2D eigenvalue weighted by molar-refractivity contribution is -0.142. The summed E-state index contributed by atoms with van der Waals surface area (Å²) in [6.45, 7) is 6.05. The second-order valence-corrected chi connectivity index (χ2v) is 5.28. The Balaban J connectivity index is 2.04. The predicted octanol–water partition coefficient (Wildman–Crippen LogP) is 1.85. The van der Waals surface area contributed by atoms with Gasteiger partial charge in [-0.25, -0.2) is 4.98 Å². The van der Waals surface area contributed by atoms with Crippen molar-refractivity contribution in [2.45, 2.75) is 39.7 Å². The Kier molecular flexibility index (Phi) is 3.59. The molecule has 104 valence electrons. The molecule has 0 amide bonds. The summed E-state index contributed by atoms with van der Waals surface area (Å²) in [5, 5.41) is 12.1. The van der Waals surface area contributed by atoms with Gasteiger partial charge in [0.2, 0.25) is 11.8 Å². The molecule has 0 bridgehead atoms.